The second kappa shape index (κ2) is 30.8. The van der Waals surface area contributed by atoms with Crippen molar-refractivity contribution in [2.75, 3.05) is 9.80 Å². The maximum atomic E-state index is 17.6. The highest BCUT2D eigenvalue weighted by atomic mass is 19.1. The first-order chi connectivity index (χ1) is 60.5. The first-order valence-corrected chi connectivity index (χ1v) is 41.0. The van der Waals surface area contributed by atoms with Gasteiger partial charge in [-0.1, -0.05) is 268 Å². The zero-order valence-electron chi connectivity index (χ0n) is 66.5. The third kappa shape index (κ3) is 13.0. The average molecular weight is 1600 g/mol. The monoisotopic (exact) mass is 1590 g/mol. The molecule has 2 atom stereocenters. The van der Waals surface area contributed by atoms with Crippen LogP contribution < -0.4 is 19.3 Å². The summed E-state index contributed by atoms with van der Waals surface area (Å²) in [4.78, 5) is 4.40. The molecule has 0 N–H and O–H groups in total. The Hall–Kier alpha value is -15.8. The maximum absolute atomic E-state index is 17.6. The fourth-order valence-corrected chi connectivity index (χ4v) is 18.7. The lowest BCUT2D eigenvalue weighted by Crippen LogP contribution is -2.31. The predicted octanol–water partition coefficient (Wildman–Crippen LogP) is 31.3. The van der Waals surface area contributed by atoms with Crippen molar-refractivity contribution in [2.24, 2.45) is 0 Å². The molecule has 586 valence electrons. The number of halogens is 4. The van der Waals surface area contributed by atoms with Gasteiger partial charge in [0.1, 0.15) is 57.4 Å². The Balaban J connectivity index is 0.745. The molecule has 1 heterocycles. The summed E-state index contributed by atoms with van der Waals surface area (Å²) < 4.78 is 90.4. The molecule has 2 aliphatic carbocycles. The van der Waals surface area contributed by atoms with Gasteiger partial charge in [0.25, 0.3) is 0 Å². The minimum absolute atomic E-state index is 0.108. The molecule has 123 heavy (non-hydrogen) atoms. The van der Waals surface area contributed by atoms with Gasteiger partial charge in [0, 0.05) is 56.0 Å². The Kier molecular flexibility index (Phi) is 18.7. The number of furan rings is 1. The molecule has 5 nitrogen and oxygen atoms in total. The standard InChI is InChI=1S/C114H74F4N2O3/c1-3-73-35-55-91(56-36-73)121-93-59-43-83(44-60-93)113(111-105(115)31-17-32-106(111)116)101-29-13-11-27-95(101)97-63-51-89(71-103(97)113)119(85-47-39-77(40-48-85)81-25-15-23-79(67-81)75-19-7-5-8-20-75)87-53-65-109-99(69-87)100-70-88(54-66-110(100)123-109)120(86-49-41-78(42-50-86)82-26-16-24-80(68-82)76-21-9-6-10-22-76)90-52-64-98-96-28-12-14-30-102(96)114(104(98)72-90,112-107(117)33-18-34-108(112)118)84-45-61-94(62-46-84)122-92-57-37-74(4-2)38-58-92/h3-72H,1-2H2. The lowest BCUT2D eigenvalue weighted by atomic mass is 9.67. The second-order valence-corrected chi connectivity index (χ2v) is 31.2. The molecule has 0 bridgehead atoms. The second-order valence-electron chi connectivity index (χ2n) is 31.2. The first-order valence-electron chi connectivity index (χ1n) is 41.0. The van der Waals surface area contributed by atoms with Gasteiger partial charge in [-0.05, 0) is 281 Å². The van der Waals surface area contributed by atoms with Crippen LogP contribution in [0.4, 0.5) is 51.7 Å². The SMILES string of the molecule is C=Cc1ccc(Oc2ccc(C3(c4c(F)cccc4F)c4ccccc4-c4ccc(N(c5ccc(-c6cccc(-c7ccccc7)c6)cc5)c5ccc6oc7ccc(N(c8ccc(-c9cccc(-c%10ccccc%10)c9)cc8)c8ccc9c(c8)C(c8ccc(Oc%10ccc(C=C)cc%10)cc8)(c8c(F)cccc8F)c8ccccc8-9)cc7c6c5)cc43)cc2)cc1. The van der Waals surface area contributed by atoms with Gasteiger partial charge in [-0.2, -0.15) is 0 Å². The Labute approximate surface area is 710 Å². The summed E-state index contributed by atoms with van der Waals surface area (Å²) in [6, 6.07) is 134. The highest BCUT2D eigenvalue weighted by Gasteiger charge is 2.51. The molecule has 2 unspecified atom stereocenters. The van der Waals surface area contributed by atoms with Gasteiger partial charge in [0.2, 0.25) is 0 Å². The number of nitrogens with zero attached hydrogens (tertiary/aromatic N) is 2. The molecule has 0 fully saturated rings. The van der Waals surface area contributed by atoms with E-state index >= 15 is 17.6 Å². The van der Waals surface area contributed by atoms with Crippen LogP contribution in [0.15, 0.2) is 430 Å². The van der Waals surface area contributed by atoms with E-state index in [4.69, 9.17) is 13.9 Å². The van der Waals surface area contributed by atoms with Crippen LogP contribution in [0.25, 0.3) is 101 Å². The van der Waals surface area contributed by atoms with Crippen molar-refractivity contribution in [2.45, 2.75) is 10.8 Å². The van der Waals surface area contributed by atoms with E-state index in [-0.39, 0.29) is 11.1 Å². The molecule has 1 aromatic heterocycles. The van der Waals surface area contributed by atoms with Gasteiger partial charge in [-0.15, -0.1) is 0 Å². The summed E-state index contributed by atoms with van der Waals surface area (Å²) >= 11 is 0. The molecule has 0 saturated heterocycles. The van der Waals surface area contributed by atoms with Crippen molar-refractivity contribution < 1.29 is 31.5 Å². The van der Waals surface area contributed by atoms with Crippen LogP contribution in [0.2, 0.25) is 0 Å². The fourth-order valence-electron chi connectivity index (χ4n) is 18.7. The summed E-state index contributed by atoms with van der Waals surface area (Å²) in [6.45, 7) is 7.83. The predicted molar refractivity (Wildman–Crippen MR) is 492 cm³/mol. The van der Waals surface area contributed by atoms with Crippen LogP contribution in [-0.4, -0.2) is 0 Å². The van der Waals surface area contributed by atoms with Crippen LogP contribution in [0.5, 0.6) is 23.0 Å². The van der Waals surface area contributed by atoms with Crippen molar-refractivity contribution >= 4 is 68.2 Å². The van der Waals surface area contributed by atoms with Crippen molar-refractivity contribution in [3.63, 3.8) is 0 Å². The minimum Gasteiger partial charge on any atom is -0.457 e. The van der Waals surface area contributed by atoms with Gasteiger partial charge < -0.3 is 23.7 Å². The molecule has 18 aromatic carbocycles. The third-order valence-electron chi connectivity index (χ3n) is 24.3. The summed E-state index contributed by atoms with van der Waals surface area (Å²) in [6.07, 6.45) is 3.55. The minimum atomic E-state index is -1.54. The van der Waals surface area contributed by atoms with Gasteiger partial charge in [0.05, 0.1) is 10.8 Å². The number of hydrogen-bond donors (Lipinski definition) is 0. The van der Waals surface area contributed by atoms with Crippen molar-refractivity contribution in [1.29, 1.82) is 0 Å². The lowest BCUT2D eigenvalue weighted by Gasteiger charge is -2.35. The van der Waals surface area contributed by atoms with Gasteiger partial charge >= 0.3 is 0 Å². The summed E-state index contributed by atoms with van der Waals surface area (Å²) in [5.74, 6) is -0.454. The zero-order chi connectivity index (χ0) is 82.9. The van der Waals surface area contributed by atoms with E-state index in [0.29, 0.717) is 67.8 Å². The van der Waals surface area contributed by atoms with Crippen molar-refractivity contribution in [1.82, 2.24) is 0 Å². The van der Waals surface area contributed by atoms with E-state index < -0.39 is 34.1 Å². The molecule has 2 aliphatic rings. The lowest BCUT2D eigenvalue weighted by molar-refractivity contribution is 0.481. The number of fused-ring (bicyclic) bond motifs is 9. The smallest absolute Gasteiger partial charge is 0.135 e. The average Bonchev–Trinajstić information content (AvgIpc) is 1.54. The molecular formula is C114H74F4N2O3. The van der Waals surface area contributed by atoms with E-state index in [1.165, 1.54) is 36.4 Å². The number of hydrogen-bond acceptors (Lipinski definition) is 5. The van der Waals surface area contributed by atoms with E-state index in [2.05, 4.69) is 205 Å². The third-order valence-corrected chi connectivity index (χ3v) is 24.3. The quantitative estimate of drug-likeness (QED) is 0.0711. The van der Waals surface area contributed by atoms with Crippen molar-refractivity contribution in [3.8, 4) is 89.8 Å². The van der Waals surface area contributed by atoms with Crippen molar-refractivity contribution in [3.05, 3.63) is 505 Å². The van der Waals surface area contributed by atoms with Crippen LogP contribution >= 0.6 is 0 Å². The Bertz CT molecular complexity index is 6840. The summed E-state index contributed by atoms with van der Waals surface area (Å²) in [5.41, 5.74) is 20.2. The Morgan fingerprint density at radius 3 is 0.902 bits per heavy atom. The van der Waals surface area contributed by atoms with E-state index in [0.717, 1.165) is 123 Å². The number of rotatable bonds is 20. The van der Waals surface area contributed by atoms with Gasteiger partial charge in [-0.3, -0.25) is 0 Å². The van der Waals surface area contributed by atoms with Crippen LogP contribution in [0.3, 0.4) is 0 Å². The fraction of sp³-hybridized carbons (Fsp3) is 0.0175. The molecule has 19 aromatic rings. The molecule has 0 spiro atoms. The number of benzene rings is 18. The molecule has 9 heteroatoms. The van der Waals surface area contributed by atoms with Gasteiger partial charge in [0.15, 0.2) is 0 Å². The molecule has 0 saturated carbocycles. The number of ether oxygens (including phenoxy) is 2. The number of anilines is 6. The van der Waals surface area contributed by atoms with E-state index in [1.54, 1.807) is 12.2 Å². The largest absolute Gasteiger partial charge is 0.457 e. The van der Waals surface area contributed by atoms with E-state index in [9.17, 15) is 0 Å². The van der Waals surface area contributed by atoms with Crippen LogP contribution in [0.1, 0.15) is 55.6 Å². The van der Waals surface area contributed by atoms with E-state index in [1.807, 2.05) is 194 Å². The molecule has 21 rings (SSSR count). The molecule has 0 amide bonds. The summed E-state index contributed by atoms with van der Waals surface area (Å²) in [7, 11) is 0. The van der Waals surface area contributed by atoms with Crippen LogP contribution in [-0.2, 0) is 10.8 Å². The normalized spacial score (nSPS) is 14.1. The highest BCUT2D eigenvalue weighted by Crippen LogP contribution is 2.61. The molecular weight excluding hydrogens is 1520 g/mol. The first kappa shape index (κ1) is 74.7. The summed E-state index contributed by atoms with van der Waals surface area (Å²) in [5, 5.41) is 1.60. The molecule has 0 aliphatic heterocycles. The van der Waals surface area contributed by atoms with Crippen LogP contribution in [0, 0.1) is 23.3 Å². The Morgan fingerprint density at radius 2 is 0.537 bits per heavy atom. The molecule has 0 radical (unpaired) electrons. The maximum Gasteiger partial charge on any atom is 0.135 e. The topological polar surface area (TPSA) is 38.1 Å². The van der Waals surface area contributed by atoms with Gasteiger partial charge in [-0.25, -0.2) is 17.6 Å². The zero-order valence-corrected chi connectivity index (χ0v) is 66.5. The Morgan fingerprint density at radius 1 is 0.244 bits per heavy atom. The highest BCUT2D eigenvalue weighted by molar-refractivity contribution is 6.09.